The number of rotatable bonds is 4. The molecule has 0 atom stereocenters. The molecule has 1 saturated heterocycles. The Bertz CT molecular complexity index is 752. The molecular formula is C17H20N6O2. The van der Waals surface area contributed by atoms with Crippen molar-refractivity contribution in [2.24, 2.45) is 0 Å². The number of aromatic nitrogens is 4. The number of H-pyrrole nitrogens is 1. The highest BCUT2D eigenvalue weighted by molar-refractivity contribution is 6.35. The van der Waals surface area contributed by atoms with Crippen molar-refractivity contribution in [2.75, 3.05) is 13.1 Å². The molecule has 2 aromatic heterocycles. The maximum Gasteiger partial charge on any atom is 0.312 e. The summed E-state index contributed by atoms with van der Waals surface area (Å²) >= 11 is 0. The van der Waals surface area contributed by atoms with Crippen LogP contribution in [-0.4, -0.2) is 61.1 Å². The molecule has 130 valence electrons. The van der Waals surface area contributed by atoms with Crippen molar-refractivity contribution in [3.05, 3.63) is 30.2 Å². The summed E-state index contributed by atoms with van der Waals surface area (Å²) in [5, 5.41) is 15.0. The number of piperazine rings is 1. The lowest BCUT2D eigenvalue weighted by Crippen LogP contribution is -2.56. The summed E-state index contributed by atoms with van der Waals surface area (Å²) in [7, 11) is 0. The number of hydrogen-bond donors (Lipinski definition) is 1. The highest BCUT2D eigenvalue weighted by Gasteiger charge is 2.37. The van der Waals surface area contributed by atoms with Crippen molar-refractivity contribution in [1.82, 2.24) is 30.2 Å². The SMILES string of the molecule is O=C1C(=O)N(C2CCCC2)CCN1Cc1ccc(-c2cn[nH]c2)nn1. The van der Waals surface area contributed by atoms with Crippen LogP contribution in [0.2, 0.25) is 0 Å². The van der Waals surface area contributed by atoms with Crippen molar-refractivity contribution < 1.29 is 9.59 Å². The van der Waals surface area contributed by atoms with Crippen LogP contribution in [0.15, 0.2) is 24.5 Å². The monoisotopic (exact) mass is 340 g/mol. The average molecular weight is 340 g/mol. The minimum atomic E-state index is -0.432. The Balaban J connectivity index is 1.41. The maximum absolute atomic E-state index is 12.4. The molecule has 1 aliphatic carbocycles. The first kappa shape index (κ1) is 15.7. The van der Waals surface area contributed by atoms with E-state index in [2.05, 4.69) is 20.4 Å². The topological polar surface area (TPSA) is 95.1 Å². The van der Waals surface area contributed by atoms with Crippen LogP contribution in [0.1, 0.15) is 31.4 Å². The van der Waals surface area contributed by atoms with Crippen LogP contribution in [0.25, 0.3) is 11.3 Å². The van der Waals surface area contributed by atoms with Gasteiger partial charge in [-0.1, -0.05) is 12.8 Å². The zero-order chi connectivity index (χ0) is 17.2. The average Bonchev–Trinajstić information content (AvgIpc) is 3.33. The fraction of sp³-hybridized carbons (Fsp3) is 0.471. The Kier molecular flexibility index (Phi) is 4.17. The van der Waals surface area contributed by atoms with Crippen LogP contribution in [0.4, 0.5) is 0 Å². The maximum atomic E-state index is 12.4. The summed E-state index contributed by atoms with van der Waals surface area (Å²) in [6.45, 7) is 1.46. The van der Waals surface area contributed by atoms with E-state index in [-0.39, 0.29) is 11.9 Å². The molecule has 1 N–H and O–H groups in total. The van der Waals surface area contributed by atoms with E-state index < -0.39 is 5.91 Å². The van der Waals surface area contributed by atoms with Gasteiger partial charge in [0.25, 0.3) is 0 Å². The fourth-order valence-corrected chi connectivity index (χ4v) is 3.59. The Morgan fingerprint density at radius 3 is 2.60 bits per heavy atom. The van der Waals surface area contributed by atoms with Gasteiger partial charge in [0.1, 0.15) is 0 Å². The van der Waals surface area contributed by atoms with E-state index >= 15 is 0 Å². The summed E-state index contributed by atoms with van der Waals surface area (Å²) in [4.78, 5) is 28.2. The van der Waals surface area contributed by atoms with Crippen molar-refractivity contribution in [1.29, 1.82) is 0 Å². The fourth-order valence-electron chi connectivity index (χ4n) is 3.59. The summed E-state index contributed by atoms with van der Waals surface area (Å²) in [5.74, 6) is -0.806. The predicted octanol–water partition coefficient (Wildman–Crippen LogP) is 0.980. The number of nitrogens with one attached hydrogen (secondary N) is 1. The normalized spacial score (nSPS) is 19.0. The van der Waals surface area contributed by atoms with Gasteiger partial charge in [-0.2, -0.15) is 15.3 Å². The van der Waals surface area contributed by atoms with E-state index in [0.29, 0.717) is 31.0 Å². The molecule has 1 saturated carbocycles. The molecule has 25 heavy (non-hydrogen) atoms. The molecule has 8 nitrogen and oxygen atoms in total. The number of nitrogens with zero attached hydrogens (tertiary/aromatic N) is 5. The molecule has 0 radical (unpaired) electrons. The van der Waals surface area contributed by atoms with Crippen molar-refractivity contribution in [3.8, 4) is 11.3 Å². The van der Waals surface area contributed by atoms with Gasteiger partial charge >= 0.3 is 11.8 Å². The van der Waals surface area contributed by atoms with E-state index in [1.807, 2.05) is 12.1 Å². The van der Waals surface area contributed by atoms with E-state index in [4.69, 9.17) is 0 Å². The second-order valence-corrected chi connectivity index (χ2v) is 6.56. The number of hydrogen-bond acceptors (Lipinski definition) is 5. The first-order valence-corrected chi connectivity index (χ1v) is 8.64. The summed E-state index contributed by atoms with van der Waals surface area (Å²) in [5.41, 5.74) is 2.24. The van der Waals surface area contributed by atoms with Crippen LogP contribution in [0.3, 0.4) is 0 Å². The molecule has 2 aromatic rings. The number of amides is 2. The number of carbonyl (C=O) groups is 2. The molecule has 0 aromatic carbocycles. The molecule has 8 heteroatoms. The summed E-state index contributed by atoms with van der Waals surface area (Å²) in [6.07, 6.45) is 7.73. The molecule has 2 amide bonds. The van der Waals surface area contributed by atoms with Crippen LogP contribution in [-0.2, 0) is 16.1 Å². The van der Waals surface area contributed by atoms with Gasteiger partial charge in [-0.3, -0.25) is 14.7 Å². The molecule has 4 rings (SSSR count). The second kappa shape index (κ2) is 6.62. The van der Waals surface area contributed by atoms with Gasteiger partial charge in [-0.15, -0.1) is 0 Å². The predicted molar refractivity (Wildman–Crippen MR) is 89.0 cm³/mol. The third-order valence-electron chi connectivity index (χ3n) is 4.97. The number of aromatic amines is 1. The third-order valence-corrected chi connectivity index (χ3v) is 4.97. The van der Waals surface area contributed by atoms with Gasteiger partial charge in [0, 0.05) is 30.9 Å². The van der Waals surface area contributed by atoms with Gasteiger partial charge in [-0.25, -0.2) is 0 Å². The van der Waals surface area contributed by atoms with Crippen LogP contribution in [0, 0.1) is 0 Å². The lowest BCUT2D eigenvalue weighted by Gasteiger charge is -2.36. The molecule has 3 heterocycles. The van der Waals surface area contributed by atoms with Crippen LogP contribution in [0.5, 0.6) is 0 Å². The van der Waals surface area contributed by atoms with Crippen molar-refractivity contribution in [3.63, 3.8) is 0 Å². The Labute approximate surface area is 145 Å². The Morgan fingerprint density at radius 1 is 1.08 bits per heavy atom. The van der Waals surface area contributed by atoms with Gasteiger partial charge in [0.2, 0.25) is 0 Å². The quantitative estimate of drug-likeness (QED) is 0.837. The smallest absolute Gasteiger partial charge is 0.312 e. The van der Waals surface area contributed by atoms with Gasteiger partial charge in [0.05, 0.1) is 24.1 Å². The minimum Gasteiger partial charge on any atom is -0.330 e. The molecule has 0 unspecified atom stereocenters. The minimum absolute atomic E-state index is 0.243. The first-order valence-electron chi connectivity index (χ1n) is 8.64. The third kappa shape index (κ3) is 3.11. The lowest BCUT2D eigenvalue weighted by atomic mass is 10.1. The molecule has 2 aliphatic rings. The standard InChI is InChI=1S/C17H20N6O2/c24-16-17(25)23(14-3-1-2-4-14)8-7-22(16)11-13-5-6-15(21-20-13)12-9-18-19-10-12/h5-6,9-10,14H,1-4,7-8,11H2,(H,18,19). The van der Waals surface area contributed by atoms with E-state index in [0.717, 1.165) is 31.2 Å². The second-order valence-electron chi connectivity index (χ2n) is 6.56. The molecule has 0 bridgehead atoms. The first-order chi connectivity index (χ1) is 12.2. The van der Waals surface area contributed by atoms with Crippen molar-refractivity contribution >= 4 is 11.8 Å². The lowest BCUT2D eigenvalue weighted by molar-refractivity contribution is -0.158. The van der Waals surface area contributed by atoms with Crippen LogP contribution >= 0.6 is 0 Å². The molecule has 0 spiro atoms. The summed E-state index contributed by atoms with van der Waals surface area (Å²) in [6, 6.07) is 3.91. The largest absolute Gasteiger partial charge is 0.330 e. The molecular weight excluding hydrogens is 320 g/mol. The van der Waals surface area contributed by atoms with E-state index in [9.17, 15) is 9.59 Å². The number of carbonyl (C=O) groups excluding carboxylic acids is 2. The van der Waals surface area contributed by atoms with Gasteiger partial charge < -0.3 is 9.80 Å². The van der Waals surface area contributed by atoms with Gasteiger partial charge in [0.15, 0.2) is 0 Å². The highest BCUT2D eigenvalue weighted by atomic mass is 16.2. The van der Waals surface area contributed by atoms with Crippen molar-refractivity contribution in [2.45, 2.75) is 38.3 Å². The Hall–Kier alpha value is -2.77. The van der Waals surface area contributed by atoms with E-state index in [1.54, 1.807) is 22.2 Å². The molecule has 1 aliphatic heterocycles. The Morgan fingerprint density at radius 2 is 1.92 bits per heavy atom. The van der Waals surface area contributed by atoms with Gasteiger partial charge in [-0.05, 0) is 25.0 Å². The van der Waals surface area contributed by atoms with Crippen LogP contribution < -0.4 is 0 Å². The van der Waals surface area contributed by atoms with E-state index in [1.165, 1.54) is 0 Å². The summed E-state index contributed by atoms with van der Waals surface area (Å²) < 4.78 is 0. The molecule has 2 fully saturated rings. The zero-order valence-electron chi connectivity index (χ0n) is 13.9. The zero-order valence-corrected chi connectivity index (χ0v) is 13.9. The highest BCUT2D eigenvalue weighted by Crippen LogP contribution is 2.25.